The number of hydrogen-bond donors (Lipinski definition) is 2. The summed E-state index contributed by atoms with van der Waals surface area (Å²) in [6.45, 7) is 14.6. The van der Waals surface area contributed by atoms with Crippen LogP contribution in [0.5, 0.6) is 0 Å². The predicted molar refractivity (Wildman–Crippen MR) is 155 cm³/mol. The Balaban J connectivity index is 1.35. The van der Waals surface area contributed by atoms with Gasteiger partial charge in [0, 0.05) is 63.4 Å². The number of imidazole rings is 1. The van der Waals surface area contributed by atoms with Gasteiger partial charge < -0.3 is 34.6 Å². The van der Waals surface area contributed by atoms with Crippen LogP contribution in [0.4, 0.5) is 9.59 Å². The van der Waals surface area contributed by atoms with Gasteiger partial charge in [-0.05, 0) is 52.4 Å². The maximum absolute atomic E-state index is 13.5. The molecule has 2 saturated carbocycles. The van der Waals surface area contributed by atoms with E-state index in [9.17, 15) is 14.4 Å². The number of carbonyl (C=O) groups is 3. The van der Waals surface area contributed by atoms with E-state index in [0.29, 0.717) is 25.4 Å². The monoisotopic (exact) mass is 569 g/mol. The third kappa shape index (κ3) is 8.85. The number of piperazine rings is 1. The highest BCUT2D eigenvalue weighted by atomic mass is 16.6. The van der Waals surface area contributed by atoms with Crippen LogP contribution in [0.25, 0.3) is 4.85 Å². The summed E-state index contributed by atoms with van der Waals surface area (Å²) in [4.78, 5) is 50.7. The molecule has 1 saturated heterocycles. The summed E-state index contributed by atoms with van der Waals surface area (Å²) in [6.07, 6.45) is 13.1. The molecule has 2 N–H and O–H groups in total. The second-order valence-corrected chi connectivity index (χ2v) is 12.8. The van der Waals surface area contributed by atoms with E-state index in [-0.39, 0.29) is 37.1 Å². The van der Waals surface area contributed by atoms with Crippen molar-refractivity contribution in [3.63, 3.8) is 0 Å². The van der Waals surface area contributed by atoms with Crippen molar-refractivity contribution in [2.45, 2.75) is 115 Å². The topological polar surface area (TPSA) is 113 Å². The molecule has 0 spiro atoms. The van der Waals surface area contributed by atoms with Gasteiger partial charge in [0.05, 0.1) is 12.9 Å². The summed E-state index contributed by atoms with van der Waals surface area (Å²) >= 11 is 0. The summed E-state index contributed by atoms with van der Waals surface area (Å²) in [5.41, 5.74) is 0.396. The van der Waals surface area contributed by atoms with Gasteiger partial charge in [0.2, 0.25) is 11.9 Å². The normalized spacial score (nSPS) is 23.9. The van der Waals surface area contributed by atoms with Gasteiger partial charge in [-0.1, -0.05) is 19.3 Å². The van der Waals surface area contributed by atoms with Gasteiger partial charge in [0.15, 0.2) is 0 Å². The lowest BCUT2D eigenvalue weighted by Gasteiger charge is -2.41. The Morgan fingerprint density at radius 2 is 1.80 bits per heavy atom. The summed E-state index contributed by atoms with van der Waals surface area (Å²) in [6, 6.07) is -0.756. The zero-order valence-corrected chi connectivity index (χ0v) is 24.9. The number of hydrogen-bond acceptors (Lipinski definition) is 5. The highest BCUT2D eigenvalue weighted by Crippen LogP contribution is 2.28. The number of nitrogens with one attached hydrogen (secondary N) is 2. The van der Waals surface area contributed by atoms with E-state index < -0.39 is 17.7 Å². The first-order chi connectivity index (χ1) is 19.6. The molecule has 0 radical (unpaired) electrons. The molecule has 1 atom stereocenters. The van der Waals surface area contributed by atoms with Crippen molar-refractivity contribution in [3.05, 3.63) is 29.6 Å². The molecular weight excluding hydrogens is 522 g/mol. The maximum atomic E-state index is 13.5. The first-order valence-corrected chi connectivity index (χ1v) is 15.3. The Morgan fingerprint density at radius 3 is 2.49 bits per heavy atom. The number of rotatable bonds is 7. The Kier molecular flexibility index (Phi) is 10.5. The van der Waals surface area contributed by atoms with Crippen molar-refractivity contribution in [2.75, 3.05) is 26.2 Å². The zero-order chi connectivity index (χ0) is 29.4. The lowest BCUT2D eigenvalue weighted by atomic mass is 9.86. The molecule has 0 unspecified atom stereocenters. The maximum Gasteiger partial charge on any atom is 0.410 e. The summed E-state index contributed by atoms with van der Waals surface area (Å²) < 4.78 is 7.71. The molecule has 226 valence electrons. The number of carbonyl (C=O) groups excluding carboxylic acids is 3. The Labute approximate surface area is 244 Å². The lowest BCUT2D eigenvalue weighted by Crippen LogP contribution is -2.64. The van der Waals surface area contributed by atoms with Crippen LogP contribution in [0, 0.1) is 12.5 Å². The first-order valence-electron chi connectivity index (χ1n) is 15.3. The van der Waals surface area contributed by atoms with Gasteiger partial charge in [-0.3, -0.25) is 4.79 Å². The number of urea groups is 1. The standard InChI is InChI=1S/C30H47N7O4/c1-30(2,3)41-29(40)35-16-17-37(28(39)34-24-8-6-5-7-9-24)26(20-35)27(38)33-15-14-25-18-32-21-36(25)19-22-10-12-23(31-4)13-11-22/h18,21-24,26H,5-17,19-20H2,1-3H3,(H,33,38)(H,34,39)/t22?,23?,26-/m1/s1. The van der Waals surface area contributed by atoms with Crippen LogP contribution in [-0.2, 0) is 22.5 Å². The van der Waals surface area contributed by atoms with Crippen molar-refractivity contribution in [2.24, 2.45) is 5.92 Å². The summed E-state index contributed by atoms with van der Waals surface area (Å²) in [5.74, 6) is 0.258. The molecular formula is C30H47N7O4. The van der Waals surface area contributed by atoms with Crippen LogP contribution in [-0.4, -0.2) is 87.3 Å². The van der Waals surface area contributed by atoms with Crippen LogP contribution in [0.2, 0.25) is 0 Å². The molecule has 0 aromatic carbocycles. The van der Waals surface area contributed by atoms with Gasteiger partial charge >= 0.3 is 12.1 Å². The fourth-order valence-corrected chi connectivity index (χ4v) is 6.13. The number of aromatic nitrogens is 2. The molecule has 1 aliphatic heterocycles. The SMILES string of the molecule is [C-]#[N+]C1CCC(Cn2cncc2CCNC(=O)[C@H]2CN(C(=O)OC(C)(C)C)CCN2C(=O)NC2CCCCC2)CC1. The minimum Gasteiger partial charge on any atom is -0.444 e. The molecule has 1 aromatic rings. The van der Waals surface area contributed by atoms with E-state index in [1.54, 1.807) is 4.90 Å². The fraction of sp³-hybridized carbons (Fsp3) is 0.767. The fourth-order valence-electron chi connectivity index (χ4n) is 6.13. The van der Waals surface area contributed by atoms with Gasteiger partial charge in [0.25, 0.3) is 0 Å². The zero-order valence-electron chi connectivity index (χ0n) is 24.9. The molecule has 11 heteroatoms. The molecule has 4 rings (SSSR count). The van der Waals surface area contributed by atoms with Gasteiger partial charge in [0.1, 0.15) is 11.6 Å². The smallest absolute Gasteiger partial charge is 0.410 e. The average Bonchev–Trinajstić information content (AvgIpc) is 3.39. The largest absolute Gasteiger partial charge is 0.444 e. The van der Waals surface area contributed by atoms with E-state index in [0.717, 1.165) is 63.6 Å². The van der Waals surface area contributed by atoms with Crippen molar-refractivity contribution >= 4 is 18.0 Å². The van der Waals surface area contributed by atoms with Crippen LogP contribution in [0.3, 0.4) is 0 Å². The molecule has 2 heterocycles. The molecule has 11 nitrogen and oxygen atoms in total. The first kappa shape index (κ1) is 30.7. The van der Waals surface area contributed by atoms with Crippen molar-refractivity contribution in [1.29, 1.82) is 0 Å². The molecule has 4 amide bonds. The number of ether oxygens (including phenoxy) is 1. The third-order valence-electron chi connectivity index (χ3n) is 8.46. The highest BCUT2D eigenvalue weighted by Gasteiger charge is 2.39. The van der Waals surface area contributed by atoms with Gasteiger partial charge in [-0.2, -0.15) is 0 Å². The Hall–Kier alpha value is -3.29. The van der Waals surface area contributed by atoms with E-state index in [1.807, 2.05) is 33.3 Å². The molecule has 0 bridgehead atoms. The van der Waals surface area contributed by atoms with Gasteiger partial charge in [-0.15, -0.1) is 0 Å². The molecule has 41 heavy (non-hydrogen) atoms. The Bertz CT molecular complexity index is 1080. The number of amides is 4. The third-order valence-corrected chi connectivity index (χ3v) is 8.46. The average molecular weight is 570 g/mol. The minimum atomic E-state index is -0.803. The van der Waals surface area contributed by atoms with Crippen LogP contribution in [0.15, 0.2) is 12.5 Å². The molecule has 1 aromatic heterocycles. The second-order valence-electron chi connectivity index (χ2n) is 12.8. The summed E-state index contributed by atoms with van der Waals surface area (Å²) in [5, 5.41) is 6.15. The second kappa shape index (κ2) is 14.1. The molecule has 2 aliphatic carbocycles. The molecule has 3 aliphatic rings. The van der Waals surface area contributed by atoms with Crippen LogP contribution in [0.1, 0.15) is 84.3 Å². The quantitative estimate of drug-likeness (QED) is 0.483. The Morgan fingerprint density at radius 1 is 1.07 bits per heavy atom. The van der Waals surface area contributed by atoms with Crippen LogP contribution < -0.4 is 10.6 Å². The van der Waals surface area contributed by atoms with E-state index in [2.05, 4.69) is 25.0 Å². The highest BCUT2D eigenvalue weighted by molar-refractivity contribution is 5.88. The van der Waals surface area contributed by atoms with E-state index in [4.69, 9.17) is 11.3 Å². The van der Waals surface area contributed by atoms with Crippen molar-refractivity contribution in [1.82, 2.24) is 30.0 Å². The molecule has 3 fully saturated rings. The van der Waals surface area contributed by atoms with E-state index in [1.165, 1.54) is 11.3 Å². The minimum absolute atomic E-state index is 0.0873. The van der Waals surface area contributed by atoms with Crippen molar-refractivity contribution < 1.29 is 19.1 Å². The van der Waals surface area contributed by atoms with E-state index >= 15 is 0 Å². The lowest BCUT2D eigenvalue weighted by molar-refractivity contribution is -0.127. The van der Waals surface area contributed by atoms with Crippen LogP contribution >= 0.6 is 0 Å². The summed E-state index contributed by atoms with van der Waals surface area (Å²) in [7, 11) is 0. The van der Waals surface area contributed by atoms with Crippen molar-refractivity contribution in [3.8, 4) is 0 Å². The van der Waals surface area contributed by atoms with Gasteiger partial charge in [-0.25, -0.2) is 21.1 Å². The predicted octanol–water partition coefficient (Wildman–Crippen LogP) is 3.98. The number of nitrogens with zero attached hydrogens (tertiary/aromatic N) is 5.